The molecule has 0 radical (unpaired) electrons. The fourth-order valence-corrected chi connectivity index (χ4v) is 14.7. The maximum absolute atomic E-state index is 12.5. The van der Waals surface area contributed by atoms with E-state index in [1.807, 2.05) is 0 Å². The average molecular weight is 887 g/mol. The van der Waals surface area contributed by atoms with Gasteiger partial charge in [-0.15, -0.1) is 0 Å². The molecule has 8 heteroatoms. The Morgan fingerprint density at radius 1 is 0.746 bits per heavy atom. The van der Waals surface area contributed by atoms with E-state index in [0.717, 1.165) is 60.5 Å². The van der Waals surface area contributed by atoms with Crippen LogP contribution in [-0.4, -0.2) is 31.3 Å². The molecule has 0 aliphatic heterocycles. The van der Waals surface area contributed by atoms with Crippen molar-refractivity contribution in [3.63, 3.8) is 0 Å². The van der Waals surface area contributed by atoms with Gasteiger partial charge in [-0.05, 0) is 144 Å². The molecule has 7 rings (SSSR count). The van der Waals surface area contributed by atoms with Crippen molar-refractivity contribution in [2.75, 3.05) is 7.11 Å². The molecule has 0 amide bonds. The van der Waals surface area contributed by atoms with Crippen molar-refractivity contribution >= 4 is 42.1 Å². The minimum absolute atomic E-state index is 0.00699. The highest BCUT2D eigenvalue weighted by molar-refractivity contribution is 7.31. The van der Waals surface area contributed by atoms with Crippen LogP contribution in [0.1, 0.15) is 197 Å². The van der Waals surface area contributed by atoms with E-state index in [9.17, 15) is 9.59 Å². The lowest BCUT2D eigenvalue weighted by molar-refractivity contribution is -0.172. The lowest BCUT2D eigenvalue weighted by Gasteiger charge is -2.62. The molecule has 0 unspecified atom stereocenters. The second-order valence-corrected chi connectivity index (χ2v) is 26.4. The van der Waals surface area contributed by atoms with Crippen LogP contribution in [0.4, 0.5) is 0 Å². The largest absolute Gasteiger partial charge is 0.469 e. The van der Waals surface area contributed by atoms with Crippen LogP contribution in [-0.2, 0) is 40.7 Å². The van der Waals surface area contributed by atoms with Crippen LogP contribution >= 0.6 is 8.24 Å². The van der Waals surface area contributed by atoms with E-state index in [4.69, 9.17) is 22.4 Å². The third-order valence-corrected chi connectivity index (χ3v) is 18.3. The van der Waals surface area contributed by atoms with Crippen molar-refractivity contribution in [1.82, 2.24) is 0 Å². The first-order chi connectivity index (χ1) is 29.1. The van der Waals surface area contributed by atoms with Gasteiger partial charge in [0, 0.05) is 40.7 Å². The molecule has 1 aromatic heterocycles. The molecule has 0 spiro atoms. The second kappa shape index (κ2) is 16.8. The third kappa shape index (κ3) is 9.08. The van der Waals surface area contributed by atoms with Crippen LogP contribution in [0.5, 0.6) is 0 Å². The maximum Gasteiger partial charge on any atom is 0.387 e. The smallest absolute Gasteiger partial charge is 0.387 e. The molecule has 0 N–H and O–H groups in total. The number of methoxy groups -OCH3 is 1. The molecule has 3 aromatic rings. The van der Waals surface area contributed by atoms with Crippen LogP contribution in [0.25, 0.3) is 21.9 Å². The Hall–Kier alpha value is -2.76. The molecule has 4 aliphatic carbocycles. The van der Waals surface area contributed by atoms with E-state index in [-0.39, 0.29) is 56.6 Å². The lowest BCUT2D eigenvalue weighted by Crippen LogP contribution is -2.60. The van der Waals surface area contributed by atoms with Crippen molar-refractivity contribution in [2.45, 2.75) is 209 Å². The summed E-state index contributed by atoms with van der Waals surface area (Å²) in [6.07, 6.45) is 9.67. The summed E-state index contributed by atoms with van der Waals surface area (Å²) < 4.78 is 33.8. The van der Waals surface area contributed by atoms with Crippen molar-refractivity contribution < 1.29 is 32.0 Å². The Morgan fingerprint density at radius 3 is 1.79 bits per heavy atom. The molecule has 10 atom stereocenters. The monoisotopic (exact) mass is 887 g/mol. The lowest BCUT2D eigenvalue weighted by atomic mass is 9.43. The Balaban J connectivity index is 1.47. The summed E-state index contributed by atoms with van der Waals surface area (Å²) in [5.74, 6) is 2.46. The van der Waals surface area contributed by atoms with E-state index >= 15 is 0 Å². The number of rotatable bonds is 7. The Bertz CT molecular complexity index is 2150. The zero-order valence-electron chi connectivity index (χ0n) is 42.3. The number of benzene rings is 2. The normalized spacial score (nSPS) is 30.7. The van der Waals surface area contributed by atoms with Gasteiger partial charge >= 0.3 is 20.2 Å². The molecule has 0 bridgehead atoms. The van der Waals surface area contributed by atoms with Gasteiger partial charge in [0.25, 0.3) is 0 Å². The van der Waals surface area contributed by atoms with Gasteiger partial charge in [-0.1, -0.05) is 116 Å². The fourth-order valence-electron chi connectivity index (χ4n) is 13.4. The molecule has 7 nitrogen and oxygen atoms in total. The summed E-state index contributed by atoms with van der Waals surface area (Å²) in [4.78, 5) is 24.7. The van der Waals surface area contributed by atoms with Crippen LogP contribution < -0.4 is 4.52 Å². The maximum atomic E-state index is 12.5. The molecule has 63 heavy (non-hydrogen) atoms. The number of hydrogen-bond donors (Lipinski definition) is 0. The first-order valence-electron chi connectivity index (χ1n) is 24.5. The number of ether oxygens (including phenoxy) is 2. The summed E-state index contributed by atoms with van der Waals surface area (Å²) in [7, 11) is -0.423. The summed E-state index contributed by atoms with van der Waals surface area (Å²) in [6.45, 7) is 36.6. The van der Waals surface area contributed by atoms with Gasteiger partial charge in [0.15, 0.2) is 0 Å². The molecule has 4 fully saturated rings. The van der Waals surface area contributed by atoms with Gasteiger partial charge in [0.05, 0.1) is 13.2 Å². The van der Waals surface area contributed by atoms with E-state index in [1.165, 1.54) is 48.6 Å². The highest BCUT2D eigenvalue weighted by atomic mass is 31.1. The van der Waals surface area contributed by atoms with Crippen molar-refractivity contribution in [3.05, 3.63) is 46.5 Å². The Labute approximate surface area is 381 Å². The minimum Gasteiger partial charge on any atom is -0.469 e. The molecule has 4 aliphatic rings. The van der Waals surface area contributed by atoms with Crippen LogP contribution in [0.15, 0.2) is 32.7 Å². The van der Waals surface area contributed by atoms with Gasteiger partial charge in [0.2, 0.25) is 0 Å². The highest BCUT2D eigenvalue weighted by Gasteiger charge is 2.65. The van der Waals surface area contributed by atoms with E-state index in [0.29, 0.717) is 41.9 Å². The predicted octanol–water partition coefficient (Wildman–Crippen LogP) is 15.1. The second-order valence-electron chi connectivity index (χ2n) is 25.3. The summed E-state index contributed by atoms with van der Waals surface area (Å²) in [6, 6.07) is 9.50. The summed E-state index contributed by atoms with van der Waals surface area (Å²) >= 11 is 0. The van der Waals surface area contributed by atoms with Gasteiger partial charge in [-0.3, -0.25) is 14.1 Å². The molecule has 4 saturated carbocycles. The van der Waals surface area contributed by atoms with Crippen LogP contribution in [0.3, 0.4) is 0 Å². The fraction of sp³-hybridized carbons (Fsp3) is 0.745. The average Bonchev–Trinajstić information content (AvgIpc) is 3.45. The quantitative estimate of drug-likeness (QED) is 0.218. The third-order valence-electron chi connectivity index (χ3n) is 17.2. The van der Waals surface area contributed by atoms with Crippen molar-refractivity contribution in [1.29, 1.82) is 0 Å². The van der Waals surface area contributed by atoms with Crippen molar-refractivity contribution in [2.24, 2.45) is 46.3 Å². The zero-order chi connectivity index (χ0) is 46.4. The van der Waals surface area contributed by atoms with Crippen molar-refractivity contribution in [3.8, 4) is 0 Å². The Morgan fingerprint density at radius 2 is 1.30 bits per heavy atom. The summed E-state index contributed by atoms with van der Waals surface area (Å²) in [5.41, 5.74) is 6.02. The number of fused-ring (bicyclic) bond motifs is 8. The number of carbonyl (C=O) groups is 2. The van der Waals surface area contributed by atoms with E-state index < -0.39 is 8.24 Å². The highest BCUT2D eigenvalue weighted by Crippen LogP contribution is 2.69. The molecular formula is C55H83O7P. The number of carbonyl (C=O) groups excluding carboxylic acids is 2. The van der Waals surface area contributed by atoms with Gasteiger partial charge in [0.1, 0.15) is 17.3 Å². The van der Waals surface area contributed by atoms with Crippen LogP contribution in [0, 0.1) is 46.3 Å². The molecule has 2 aromatic carbocycles. The standard InChI is InChI=1S/C55H83O7P/c1-32(18-23-47(57)58-17)41-21-22-42-38-20-19-34-26-37(59-33(2)56)24-25-54(34,15)43(38)31-46(55(41,42)16)60-63-61-48-39(27-35(50(3,4)5)29-44(48)52(9,10)11)40-28-36(51(6,7)8)30-45(49(40)62-63)53(12,13)14/h27-30,32,34,37-38,41-43,46H,18-26,31H2,1-17H3/t32-,34-,37-,38+,41-,42+,43+,46+,54+,55-/m1/s1. The van der Waals surface area contributed by atoms with Gasteiger partial charge in [-0.25, -0.2) is 0 Å². The molecule has 0 saturated heterocycles. The van der Waals surface area contributed by atoms with E-state index in [1.54, 1.807) is 6.92 Å². The zero-order valence-corrected chi connectivity index (χ0v) is 43.2. The Kier molecular flexibility index (Phi) is 12.9. The first kappa shape index (κ1) is 48.2. The topological polar surface area (TPSA) is 88.1 Å². The first-order valence-corrected chi connectivity index (χ1v) is 25.6. The van der Waals surface area contributed by atoms with Gasteiger partial charge < -0.3 is 17.9 Å². The van der Waals surface area contributed by atoms with E-state index in [2.05, 4.69) is 128 Å². The molecular weight excluding hydrogens is 804 g/mol. The number of hydrogen-bond acceptors (Lipinski definition) is 7. The van der Waals surface area contributed by atoms with Crippen LogP contribution in [0.2, 0.25) is 0 Å². The van der Waals surface area contributed by atoms with Gasteiger partial charge in [-0.2, -0.15) is 0 Å². The predicted molar refractivity (Wildman–Crippen MR) is 258 cm³/mol. The number of esters is 2. The SMILES string of the molecule is COC(=O)CC[C@@H](C)[C@H]1CC[C@H]2[C@@H]3CC[C@@H]4C[C@H](OC(C)=O)CC[C@]4(C)[C@H]3C[C@H](Op3oc4c(C(C)(C)C)cc(C(C)(C)C)cc4c4cc(C(C)(C)C)cc(C(C)(C)C)c4o3)[C@]12C. The molecule has 1 heterocycles. The minimum atomic E-state index is -1.92. The summed E-state index contributed by atoms with van der Waals surface area (Å²) in [5, 5.41) is 2.17. The molecule has 350 valence electrons.